The van der Waals surface area contributed by atoms with Crippen molar-refractivity contribution in [2.45, 2.75) is 0 Å². The van der Waals surface area contributed by atoms with Crippen molar-refractivity contribution < 1.29 is 13.2 Å². The lowest BCUT2D eigenvalue weighted by atomic mass is 10.2. The fourth-order valence-electron chi connectivity index (χ4n) is 1.47. The predicted molar refractivity (Wildman–Crippen MR) is 60.8 cm³/mol. The second kappa shape index (κ2) is 4.80. The van der Waals surface area contributed by atoms with E-state index in [-0.39, 0.29) is 0 Å². The van der Waals surface area contributed by atoms with Crippen LogP contribution in [0.15, 0.2) is 36.4 Å². The molecule has 0 spiro atoms. The third-order valence-corrected chi connectivity index (χ3v) is 2.27. The number of rotatable bonds is 2. The molecule has 1 N–H and O–H groups in total. The van der Waals surface area contributed by atoms with Crippen LogP contribution in [0.25, 0.3) is 0 Å². The van der Waals surface area contributed by atoms with Crippen LogP contribution in [0.3, 0.4) is 0 Å². The molecule has 0 aromatic heterocycles. The van der Waals surface area contributed by atoms with Gasteiger partial charge in [-0.25, -0.2) is 13.2 Å². The molecule has 0 atom stereocenters. The highest BCUT2D eigenvalue weighted by molar-refractivity contribution is 5.62. The van der Waals surface area contributed by atoms with Gasteiger partial charge in [-0.2, -0.15) is 5.26 Å². The van der Waals surface area contributed by atoms with E-state index in [0.29, 0.717) is 23.4 Å². The number of hydrogen-bond acceptors (Lipinski definition) is 2. The van der Waals surface area contributed by atoms with Crippen LogP contribution in [-0.4, -0.2) is 0 Å². The number of hydrogen-bond donors (Lipinski definition) is 1. The summed E-state index contributed by atoms with van der Waals surface area (Å²) >= 11 is 0. The normalized spacial score (nSPS) is 9.89. The molecular formula is C13H7F3N2. The van der Waals surface area contributed by atoms with Gasteiger partial charge in [0.05, 0.1) is 11.6 Å². The van der Waals surface area contributed by atoms with Gasteiger partial charge >= 0.3 is 0 Å². The Morgan fingerprint density at radius 3 is 2.28 bits per heavy atom. The van der Waals surface area contributed by atoms with E-state index in [9.17, 15) is 13.2 Å². The van der Waals surface area contributed by atoms with E-state index in [2.05, 4.69) is 5.32 Å². The Kier molecular flexibility index (Phi) is 3.20. The van der Waals surface area contributed by atoms with Crippen LogP contribution in [0.1, 0.15) is 5.56 Å². The standard InChI is InChI=1S/C13H7F3N2/c14-9-5-11(15)13(12(16)6-9)18-10-3-1-2-8(4-10)7-17/h1-6,18H. The summed E-state index contributed by atoms with van der Waals surface area (Å²) in [5.41, 5.74) is 0.243. The van der Waals surface area contributed by atoms with Gasteiger partial charge in [-0.1, -0.05) is 6.07 Å². The Labute approximate surface area is 101 Å². The topological polar surface area (TPSA) is 35.8 Å². The number of anilines is 2. The van der Waals surface area contributed by atoms with E-state index >= 15 is 0 Å². The molecule has 5 heteroatoms. The summed E-state index contributed by atoms with van der Waals surface area (Å²) in [6, 6.07) is 9.18. The van der Waals surface area contributed by atoms with Gasteiger partial charge in [0.25, 0.3) is 0 Å². The van der Waals surface area contributed by atoms with Crippen LogP contribution >= 0.6 is 0 Å². The first kappa shape index (κ1) is 12.0. The van der Waals surface area contributed by atoms with Crippen LogP contribution in [0.2, 0.25) is 0 Å². The number of nitrogens with one attached hydrogen (secondary N) is 1. The predicted octanol–water partition coefficient (Wildman–Crippen LogP) is 3.72. The van der Waals surface area contributed by atoms with E-state index in [1.807, 2.05) is 6.07 Å². The minimum absolute atomic E-state index is 0.346. The molecule has 0 aliphatic heterocycles. The van der Waals surface area contributed by atoms with E-state index in [1.165, 1.54) is 6.07 Å². The van der Waals surface area contributed by atoms with Crippen molar-refractivity contribution in [2.75, 3.05) is 5.32 Å². The molecule has 0 bridgehead atoms. The largest absolute Gasteiger partial charge is 0.351 e. The van der Waals surface area contributed by atoms with Crippen LogP contribution in [0.4, 0.5) is 24.5 Å². The lowest BCUT2D eigenvalue weighted by molar-refractivity contribution is 0.549. The summed E-state index contributed by atoms with van der Waals surface area (Å²) in [6.45, 7) is 0. The lowest BCUT2D eigenvalue weighted by Gasteiger charge is -2.09. The van der Waals surface area contributed by atoms with Gasteiger partial charge < -0.3 is 5.32 Å². The van der Waals surface area contributed by atoms with Gasteiger partial charge in [-0.15, -0.1) is 0 Å². The maximum Gasteiger partial charge on any atom is 0.152 e. The molecule has 0 heterocycles. The molecule has 2 aromatic rings. The molecule has 0 aliphatic carbocycles. The quantitative estimate of drug-likeness (QED) is 0.879. The summed E-state index contributed by atoms with van der Waals surface area (Å²) in [6.07, 6.45) is 0. The first-order valence-electron chi connectivity index (χ1n) is 5.02. The van der Waals surface area contributed by atoms with Crippen molar-refractivity contribution in [2.24, 2.45) is 0 Å². The minimum Gasteiger partial charge on any atom is -0.351 e. The van der Waals surface area contributed by atoms with Crippen LogP contribution in [0, 0.1) is 28.8 Å². The molecule has 0 saturated carbocycles. The lowest BCUT2D eigenvalue weighted by Crippen LogP contribution is -1.98. The summed E-state index contributed by atoms with van der Waals surface area (Å²) in [5, 5.41) is 11.2. The molecule has 0 radical (unpaired) electrons. The molecule has 2 nitrogen and oxygen atoms in total. The molecule has 18 heavy (non-hydrogen) atoms. The SMILES string of the molecule is N#Cc1cccc(Nc2c(F)cc(F)cc2F)c1. The summed E-state index contributed by atoms with van der Waals surface area (Å²) in [5.74, 6) is -3.05. The molecule has 0 fully saturated rings. The fraction of sp³-hybridized carbons (Fsp3) is 0. The number of nitrogens with zero attached hydrogens (tertiary/aromatic N) is 1. The van der Waals surface area contributed by atoms with E-state index in [1.54, 1.807) is 18.2 Å². The molecule has 2 rings (SSSR count). The van der Waals surface area contributed by atoms with Crippen molar-refractivity contribution >= 4 is 11.4 Å². The second-order valence-corrected chi connectivity index (χ2v) is 3.56. The van der Waals surface area contributed by atoms with Gasteiger partial charge in [0.15, 0.2) is 11.6 Å². The smallest absolute Gasteiger partial charge is 0.152 e. The average Bonchev–Trinajstić information content (AvgIpc) is 2.34. The maximum absolute atomic E-state index is 13.4. The Bertz CT molecular complexity index is 609. The highest BCUT2D eigenvalue weighted by atomic mass is 19.1. The number of benzene rings is 2. The zero-order chi connectivity index (χ0) is 13.1. The van der Waals surface area contributed by atoms with E-state index in [0.717, 1.165) is 0 Å². The van der Waals surface area contributed by atoms with Crippen molar-refractivity contribution in [1.82, 2.24) is 0 Å². The van der Waals surface area contributed by atoms with Gasteiger partial charge in [-0.3, -0.25) is 0 Å². The van der Waals surface area contributed by atoms with E-state index < -0.39 is 23.1 Å². The number of halogens is 3. The Hall–Kier alpha value is -2.48. The molecule has 0 aliphatic rings. The van der Waals surface area contributed by atoms with Crippen LogP contribution in [-0.2, 0) is 0 Å². The Balaban J connectivity index is 2.37. The molecule has 0 saturated heterocycles. The Morgan fingerprint density at radius 1 is 1.00 bits per heavy atom. The average molecular weight is 248 g/mol. The van der Waals surface area contributed by atoms with Gasteiger partial charge in [-0.05, 0) is 18.2 Å². The zero-order valence-corrected chi connectivity index (χ0v) is 9.05. The van der Waals surface area contributed by atoms with Crippen LogP contribution in [0.5, 0.6) is 0 Å². The van der Waals surface area contributed by atoms with Gasteiger partial charge in [0.2, 0.25) is 0 Å². The highest BCUT2D eigenvalue weighted by Crippen LogP contribution is 2.24. The molecule has 2 aromatic carbocycles. The third kappa shape index (κ3) is 2.43. The van der Waals surface area contributed by atoms with Crippen molar-refractivity contribution in [3.05, 3.63) is 59.4 Å². The van der Waals surface area contributed by atoms with Crippen LogP contribution < -0.4 is 5.32 Å². The first-order valence-corrected chi connectivity index (χ1v) is 5.02. The zero-order valence-electron chi connectivity index (χ0n) is 9.05. The third-order valence-electron chi connectivity index (χ3n) is 2.27. The highest BCUT2D eigenvalue weighted by Gasteiger charge is 2.11. The van der Waals surface area contributed by atoms with Crippen molar-refractivity contribution in [3.8, 4) is 6.07 Å². The Morgan fingerprint density at radius 2 is 1.67 bits per heavy atom. The molecule has 0 amide bonds. The monoisotopic (exact) mass is 248 g/mol. The summed E-state index contributed by atoms with van der Waals surface area (Å²) in [7, 11) is 0. The van der Waals surface area contributed by atoms with Gasteiger partial charge in [0.1, 0.15) is 11.5 Å². The summed E-state index contributed by atoms with van der Waals surface area (Å²) in [4.78, 5) is 0. The molecular weight excluding hydrogens is 241 g/mol. The number of nitriles is 1. The second-order valence-electron chi connectivity index (χ2n) is 3.56. The molecule has 0 unspecified atom stereocenters. The molecule has 90 valence electrons. The fourth-order valence-corrected chi connectivity index (χ4v) is 1.47. The van der Waals surface area contributed by atoms with Gasteiger partial charge in [0, 0.05) is 17.8 Å². The minimum atomic E-state index is -1.03. The van der Waals surface area contributed by atoms with E-state index in [4.69, 9.17) is 5.26 Å². The first-order chi connectivity index (χ1) is 8.60. The summed E-state index contributed by atoms with van der Waals surface area (Å²) < 4.78 is 39.5. The van der Waals surface area contributed by atoms with Crippen molar-refractivity contribution in [3.63, 3.8) is 0 Å². The maximum atomic E-state index is 13.4. The van der Waals surface area contributed by atoms with Crippen molar-refractivity contribution in [1.29, 1.82) is 5.26 Å².